The summed E-state index contributed by atoms with van der Waals surface area (Å²) in [6, 6.07) is 5.95. The molecule has 3 heteroatoms. The molecule has 94 valence electrons. The summed E-state index contributed by atoms with van der Waals surface area (Å²) in [6.45, 7) is 3.51. The van der Waals surface area contributed by atoms with Gasteiger partial charge >= 0.3 is 0 Å². The van der Waals surface area contributed by atoms with Crippen LogP contribution in [0.2, 0.25) is 0 Å². The second kappa shape index (κ2) is 5.52. The highest BCUT2D eigenvalue weighted by molar-refractivity contribution is 5.38. The lowest BCUT2D eigenvalue weighted by Gasteiger charge is -2.27. The van der Waals surface area contributed by atoms with Crippen LogP contribution in [-0.4, -0.2) is 25.4 Å². The van der Waals surface area contributed by atoms with Crippen LogP contribution in [0.15, 0.2) is 18.2 Å². The third-order valence-corrected chi connectivity index (χ3v) is 3.42. The Balaban J connectivity index is 2.19. The van der Waals surface area contributed by atoms with Gasteiger partial charge in [0.2, 0.25) is 0 Å². The third kappa shape index (κ3) is 2.79. The molecule has 1 saturated heterocycles. The van der Waals surface area contributed by atoms with Gasteiger partial charge in [-0.1, -0.05) is 12.1 Å². The van der Waals surface area contributed by atoms with Gasteiger partial charge in [-0.3, -0.25) is 0 Å². The molecule has 0 aliphatic carbocycles. The summed E-state index contributed by atoms with van der Waals surface area (Å²) in [4.78, 5) is 0. The molecule has 1 heterocycles. The van der Waals surface area contributed by atoms with Crippen LogP contribution in [0.3, 0.4) is 0 Å². The fraction of sp³-hybridized carbons (Fsp3) is 0.571. The van der Waals surface area contributed by atoms with E-state index in [9.17, 15) is 5.11 Å². The summed E-state index contributed by atoms with van der Waals surface area (Å²) >= 11 is 0. The minimum Gasteiger partial charge on any atom is -0.496 e. The van der Waals surface area contributed by atoms with Crippen molar-refractivity contribution >= 4 is 0 Å². The van der Waals surface area contributed by atoms with Gasteiger partial charge in [0.15, 0.2) is 0 Å². The first kappa shape index (κ1) is 12.4. The van der Waals surface area contributed by atoms with Gasteiger partial charge in [-0.2, -0.15) is 0 Å². The van der Waals surface area contributed by atoms with Crippen molar-refractivity contribution in [1.82, 2.24) is 0 Å². The molecule has 2 rings (SSSR count). The van der Waals surface area contributed by atoms with Crippen LogP contribution in [0.4, 0.5) is 0 Å². The van der Waals surface area contributed by atoms with E-state index in [-0.39, 0.29) is 5.92 Å². The van der Waals surface area contributed by atoms with E-state index in [1.54, 1.807) is 7.11 Å². The minimum atomic E-state index is -0.450. The Labute approximate surface area is 102 Å². The Kier molecular flexibility index (Phi) is 4.02. The van der Waals surface area contributed by atoms with Gasteiger partial charge in [-0.15, -0.1) is 0 Å². The number of ether oxygens (including phenoxy) is 2. The van der Waals surface area contributed by atoms with Crippen LogP contribution in [0, 0.1) is 12.8 Å². The fourth-order valence-electron chi connectivity index (χ4n) is 2.35. The smallest absolute Gasteiger partial charge is 0.124 e. The summed E-state index contributed by atoms with van der Waals surface area (Å²) in [6.07, 6.45) is 1.38. The topological polar surface area (TPSA) is 38.7 Å². The van der Waals surface area contributed by atoms with Gasteiger partial charge in [0.1, 0.15) is 5.75 Å². The number of hydrogen-bond donors (Lipinski definition) is 1. The molecule has 1 fully saturated rings. The molecule has 1 aromatic carbocycles. The van der Waals surface area contributed by atoms with Gasteiger partial charge < -0.3 is 14.6 Å². The average molecular weight is 236 g/mol. The minimum absolute atomic E-state index is 0.278. The van der Waals surface area contributed by atoms with Crippen LogP contribution in [-0.2, 0) is 4.74 Å². The zero-order valence-corrected chi connectivity index (χ0v) is 10.5. The Morgan fingerprint density at radius 2 is 2.06 bits per heavy atom. The molecule has 0 radical (unpaired) electrons. The Morgan fingerprint density at radius 1 is 1.35 bits per heavy atom. The lowest BCUT2D eigenvalue weighted by Crippen LogP contribution is -2.22. The molecule has 1 N–H and O–H groups in total. The number of hydrogen-bond acceptors (Lipinski definition) is 3. The first-order valence-electron chi connectivity index (χ1n) is 6.12. The van der Waals surface area contributed by atoms with Crippen LogP contribution in [0.25, 0.3) is 0 Å². The molecular weight excluding hydrogens is 216 g/mol. The Bertz CT molecular complexity index is 370. The summed E-state index contributed by atoms with van der Waals surface area (Å²) in [5.41, 5.74) is 2.04. The summed E-state index contributed by atoms with van der Waals surface area (Å²) < 4.78 is 10.7. The maximum Gasteiger partial charge on any atom is 0.124 e. The molecule has 17 heavy (non-hydrogen) atoms. The zero-order valence-electron chi connectivity index (χ0n) is 10.5. The van der Waals surface area contributed by atoms with Crippen LogP contribution in [0.1, 0.15) is 30.1 Å². The molecule has 1 aromatic rings. The maximum absolute atomic E-state index is 10.4. The van der Waals surface area contributed by atoms with Gasteiger partial charge in [0, 0.05) is 18.8 Å². The molecule has 1 aliphatic heterocycles. The number of benzene rings is 1. The molecule has 1 aliphatic rings. The van der Waals surface area contributed by atoms with Crippen LogP contribution in [0.5, 0.6) is 5.75 Å². The fourth-order valence-corrected chi connectivity index (χ4v) is 2.35. The summed E-state index contributed by atoms with van der Waals surface area (Å²) in [5.74, 6) is 1.06. The number of aryl methyl sites for hydroxylation is 1. The number of aliphatic hydroxyl groups is 1. The lowest BCUT2D eigenvalue weighted by atomic mass is 9.88. The molecule has 0 amide bonds. The second-order valence-corrected chi connectivity index (χ2v) is 4.64. The van der Waals surface area contributed by atoms with E-state index in [4.69, 9.17) is 9.47 Å². The zero-order chi connectivity index (χ0) is 12.3. The quantitative estimate of drug-likeness (QED) is 0.876. The molecular formula is C14H20O3. The van der Waals surface area contributed by atoms with E-state index < -0.39 is 6.10 Å². The predicted molar refractivity (Wildman–Crippen MR) is 66.2 cm³/mol. The van der Waals surface area contributed by atoms with Crippen molar-refractivity contribution in [3.63, 3.8) is 0 Å². The SMILES string of the molecule is COc1cc(C)ccc1C(O)C1CCOCC1. The first-order valence-corrected chi connectivity index (χ1v) is 6.12. The second-order valence-electron chi connectivity index (χ2n) is 4.64. The number of aliphatic hydroxyl groups excluding tert-OH is 1. The van der Waals surface area contributed by atoms with Crippen molar-refractivity contribution in [2.75, 3.05) is 20.3 Å². The normalized spacial score (nSPS) is 19.0. The van der Waals surface area contributed by atoms with Crippen LogP contribution >= 0.6 is 0 Å². The molecule has 0 bridgehead atoms. The molecule has 0 spiro atoms. The Morgan fingerprint density at radius 3 is 2.71 bits per heavy atom. The Hall–Kier alpha value is -1.06. The largest absolute Gasteiger partial charge is 0.496 e. The standard InChI is InChI=1S/C14H20O3/c1-10-3-4-12(13(9-10)16-2)14(15)11-5-7-17-8-6-11/h3-4,9,11,14-15H,5-8H2,1-2H3. The first-order chi connectivity index (χ1) is 8.22. The number of rotatable bonds is 3. The lowest BCUT2D eigenvalue weighted by molar-refractivity contribution is 0.00636. The third-order valence-electron chi connectivity index (χ3n) is 3.42. The highest BCUT2D eigenvalue weighted by Crippen LogP contribution is 2.35. The van der Waals surface area contributed by atoms with Crippen molar-refractivity contribution in [2.45, 2.75) is 25.9 Å². The summed E-state index contributed by atoms with van der Waals surface area (Å²) in [5, 5.41) is 10.4. The predicted octanol–water partition coefficient (Wildman–Crippen LogP) is 2.46. The van der Waals surface area contributed by atoms with Crippen molar-refractivity contribution in [3.8, 4) is 5.75 Å². The maximum atomic E-state index is 10.4. The molecule has 0 aromatic heterocycles. The highest BCUT2D eigenvalue weighted by atomic mass is 16.5. The summed E-state index contributed by atoms with van der Waals surface area (Å²) in [7, 11) is 1.65. The monoisotopic (exact) mass is 236 g/mol. The van der Waals surface area contributed by atoms with E-state index in [1.165, 1.54) is 0 Å². The molecule has 1 atom stereocenters. The van der Waals surface area contributed by atoms with Gasteiger partial charge in [-0.05, 0) is 37.3 Å². The van der Waals surface area contributed by atoms with E-state index >= 15 is 0 Å². The van der Waals surface area contributed by atoms with Crippen LogP contribution < -0.4 is 4.74 Å². The van der Waals surface area contributed by atoms with Crippen molar-refractivity contribution < 1.29 is 14.6 Å². The number of methoxy groups -OCH3 is 1. The van der Waals surface area contributed by atoms with E-state index in [1.807, 2.05) is 25.1 Å². The van der Waals surface area contributed by atoms with E-state index in [0.29, 0.717) is 0 Å². The molecule has 3 nitrogen and oxygen atoms in total. The van der Waals surface area contributed by atoms with Gasteiger partial charge in [0.25, 0.3) is 0 Å². The van der Waals surface area contributed by atoms with Crippen molar-refractivity contribution in [1.29, 1.82) is 0 Å². The van der Waals surface area contributed by atoms with Gasteiger partial charge in [-0.25, -0.2) is 0 Å². The van der Waals surface area contributed by atoms with E-state index in [2.05, 4.69) is 0 Å². The van der Waals surface area contributed by atoms with Gasteiger partial charge in [0.05, 0.1) is 13.2 Å². The van der Waals surface area contributed by atoms with E-state index in [0.717, 1.165) is 42.9 Å². The van der Waals surface area contributed by atoms with Crippen molar-refractivity contribution in [2.24, 2.45) is 5.92 Å². The highest BCUT2D eigenvalue weighted by Gasteiger charge is 2.25. The average Bonchev–Trinajstić information content (AvgIpc) is 2.39. The molecule has 0 saturated carbocycles. The van der Waals surface area contributed by atoms with Crippen molar-refractivity contribution in [3.05, 3.63) is 29.3 Å². The molecule has 1 unspecified atom stereocenters.